The molecule has 0 amide bonds. The molecular weight excluding hydrogens is 218 g/mol. The van der Waals surface area contributed by atoms with E-state index in [2.05, 4.69) is 5.32 Å². The summed E-state index contributed by atoms with van der Waals surface area (Å²) in [5, 5.41) is 4.21. The van der Waals surface area contributed by atoms with Gasteiger partial charge in [-0.3, -0.25) is 0 Å². The summed E-state index contributed by atoms with van der Waals surface area (Å²) in [7, 11) is 0. The van der Waals surface area contributed by atoms with Gasteiger partial charge in [0.2, 0.25) is 0 Å². The molecule has 1 spiro atoms. The van der Waals surface area contributed by atoms with Gasteiger partial charge in [-0.05, 0) is 44.3 Å². The lowest BCUT2D eigenvalue weighted by Gasteiger charge is -2.52. The molecule has 3 rings (SSSR count). The van der Waals surface area contributed by atoms with Crippen LogP contribution in [0.2, 0.25) is 0 Å². The van der Waals surface area contributed by atoms with Gasteiger partial charge in [0.1, 0.15) is 6.10 Å². The average Bonchev–Trinajstić information content (AvgIpc) is 2.30. The van der Waals surface area contributed by atoms with Crippen molar-refractivity contribution in [2.45, 2.75) is 69.4 Å². The molecule has 0 aromatic rings. The Morgan fingerprint density at radius 3 is 2.62 bits per heavy atom. The molecule has 1 aliphatic heterocycles. The second-order valence-electron chi connectivity index (χ2n) is 5.68. The Balaban J connectivity index is 1.85. The summed E-state index contributed by atoms with van der Waals surface area (Å²) < 4.78 is 5.84. The molecule has 0 aromatic carbocycles. The Kier molecular flexibility index (Phi) is 2.82. The first kappa shape index (κ1) is 10.8. The fourth-order valence-electron chi connectivity index (χ4n) is 4.01. The van der Waals surface area contributed by atoms with Crippen molar-refractivity contribution in [3.63, 3.8) is 0 Å². The first-order valence-corrected chi connectivity index (χ1v) is 7.20. The van der Waals surface area contributed by atoms with E-state index in [0.717, 1.165) is 0 Å². The van der Waals surface area contributed by atoms with E-state index in [4.69, 9.17) is 17.0 Å². The van der Waals surface area contributed by atoms with Crippen molar-refractivity contribution < 1.29 is 4.74 Å². The fourth-order valence-corrected chi connectivity index (χ4v) is 4.34. The van der Waals surface area contributed by atoms with Crippen LogP contribution in [0.1, 0.15) is 57.8 Å². The second kappa shape index (κ2) is 4.17. The molecule has 90 valence electrons. The highest BCUT2D eigenvalue weighted by Crippen LogP contribution is 2.44. The molecule has 1 heterocycles. The number of thiocarbonyl (C=S) groups is 1. The lowest BCUT2D eigenvalue weighted by atomic mass is 9.65. The van der Waals surface area contributed by atoms with Crippen molar-refractivity contribution in [1.82, 2.24) is 5.32 Å². The summed E-state index contributed by atoms with van der Waals surface area (Å²) in [4.78, 5) is 0. The van der Waals surface area contributed by atoms with Gasteiger partial charge in [0, 0.05) is 11.5 Å². The summed E-state index contributed by atoms with van der Waals surface area (Å²) in [5.41, 5.74) is 0.304. The minimum atomic E-state index is 0.304. The van der Waals surface area contributed by atoms with Crippen molar-refractivity contribution in [2.75, 3.05) is 0 Å². The SMILES string of the molecule is S=C1NC2(CCCCC2)[C@@H]2CCCC[C@@H]2O1. The van der Waals surface area contributed by atoms with Crippen molar-refractivity contribution in [3.05, 3.63) is 0 Å². The highest BCUT2D eigenvalue weighted by molar-refractivity contribution is 7.80. The Morgan fingerprint density at radius 1 is 1.06 bits per heavy atom. The lowest BCUT2D eigenvalue weighted by Crippen LogP contribution is -2.63. The molecule has 3 aliphatic rings. The molecule has 16 heavy (non-hydrogen) atoms. The van der Waals surface area contributed by atoms with Gasteiger partial charge in [-0.15, -0.1) is 0 Å². The largest absolute Gasteiger partial charge is 0.467 e. The maximum absolute atomic E-state index is 5.84. The summed E-state index contributed by atoms with van der Waals surface area (Å²) in [5.74, 6) is 0.716. The Bertz CT molecular complexity index is 286. The molecule has 0 bridgehead atoms. The Labute approximate surface area is 103 Å². The van der Waals surface area contributed by atoms with E-state index in [-0.39, 0.29) is 0 Å². The van der Waals surface area contributed by atoms with Crippen LogP contribution < -0.4 is 5.32 Å². The Hall–Kier alpha value is -0.310. The first-order chi connectivity index (χ1) is 7.80. The van der Waals surface area contributed by atoms with Crippen LogP contribution in [0.3, 0.4) is 0 Å². The van der Waals surface area contributed by atoms with Crippen molar-refractivity contribution in [1.29, 1.82) is 0 Å². The number of fused-ring (bicyclic) bond motifs is 2. The van der Waals surface area contributed by atoms with Gasteiger partial charge in [0.25, 0.3) is 5.17 Å². The van der Waals surface area contributed by atoms with Gasteiger partial charge in [-0.2, -0.15) is 0 Å². The van der Waals surface area contributed by atoms with Crippen LogP contribution in [0.5, 0.6) is 0 Å². The number of rotatable bonds is 0. The third kappa shape index (κ3) is 1.73. The minimum absolute atomic E-state index is 0.304. The minimum Gasteiger partial charge on any atom is -0.467 e. The van der Waals surface area contributed by atoms with E-state index in [9.17, 15) is 0 Å². The van der Waals surface area contributed by atoms with Crippen molar-refractivity contribution >= 4 is 17.4 Å². The molecule has 2 aliphatic carbocycles. The summed E-state index contributed by atoms with van der Waals surface area (Å²) in [6.07, 6.45) is 12.4. The number of hydrogen-bond acceptors (Lipinski definition) is 2. The monoisotopic (exact) mass is 239 g/mol. The molecule has 3 heteroatoms. The van der Waals surface area contributed by atoms with Crippen LogP contribution >= 0.6 is 12.2 Å². The first-order valence-electron chi connectivity index (χ1n) is 6.79. The quantitative estimate of drug-likeness (QED) is 0.656. The number of ether oxygens (including phenoxy) is 1. The molecule has 0 unspecified atom stereocenters. The van der Waals surface area contributed by atoms with E-state index < -0.39 is 0 Å². The van der Waals surface area contributed by atoms with E-state index in [0.29, 0.717) is 22.7 Å². The van der Waals surface area contributed by atoms with Gasteiger partial charge in [-0.25, -0.2) is 0 Å². The van der Waals surface area contributed by atoms with Crippen LogP contribution in [0.15, 0.2) is 0 Å². The summed E-state index contributed by atoms with van der Waals surface area (Å²) in [6.45, 7) is 0. The van der Waals surface area contributed by atoms with Gasteiger partial charge < -0.3 is 10.1 Å². The van der Waals surface area contributed by atoms with Gasteiger partial charge in [0.05, 0.1) is 0 Å². The molecule has 0 radical (unpaired) electrons. The second-order valence-corrected chi connectivity index (χ2v) is 6.05. The predicted molar refractivity (Wildman–Crippen MR) is 68.4 cm³/mol. The van der Waals surface area contributed by atoms with Crippen LogP contribution in [0, 0.1) is 5.92 Å². The zero-order valence-electron chi connectivity index (χ0n) is 9.84. The van der Waals surface area contributed by atoms with E-state index >= 15 is 0 Å². The van der Waals surface area contributed by atoms with Crippen LogP contribution in [0.25, 0.3) is 0 Å². The van der Waals surface area contributed by atoms with Crippen LogP contribution in [-0.4, -0.2) is 16.8 Å². The smallest absolute Gasteiger partial charge is 0.257 e. The third-order valence-corrected chi connectivity index (χ3v) is 4.97. The maximum Gasteiger partial charge on any atom is 0.257 e. The maximum atomic E-state index is 5.84. The molecule has 2 atom stereocenters. The molecule has 0 aromatic heterocycles. The molecular formula is C13H21NOS. The molecule has 2 saturated carbocycles. The molecule has 1 N–H and O–H groups in total. The topological polar surface area (TPSA) is 21.3 Å². The van der Waals surface area contributed by atoms with Crippen LogP contribution in [-0.2, 0) is 4.74 Å². The van der Waals surface area contributed by atoms with Gasteiger partial charge in [0.15, 0.2) is 0 Å². The molecule has 3 fully saturated rings. The average molecular weight is 239 g/mol. The van der Waals surface area contributed by atoms with Crippen molar-refractivity contribution in [2.24, 2.45) is 5.92 Å². The highest BCUT2D eigenvalue weighted by atomic mass is 32.1. The molecule has 2 nitrogen and oxygen atoms in total. The Morgan fingerprint density at radius 2 is 1.81 bits per heavy atom. The zero-order valence-corrected chi connectivity index (χ0v) is 10.7. The van der Waals surface area contributed by atoms with E-state index in [1.807, 2.05) is 0 Å². The number of nitrogens with one attached hydrogen (secondary N) is 1. The van der Waals surface area contributed by atoms with Gasteiger partial charge >= 0.3 is 0 Å². The zero-order chi connectivity index (χ0) is 11.0. The standard InChI is InChI=1S/C13H21NOS/c16-12-14-13(8-4-1-5-9-13)10-6-2-3-7-11(10)15-12/h10-11H,1-9H2,(H,14,16)/t10-,11+/m1/s1. The molecule has 1 saturated heterocycles. The number of hydrogen-bond donors (Lipinski definition) is 1. The van der Waals surface area contributed by atoms with Crippen LogP contribution in [0.4, 0.5) is 0 Å². The normalized spacial score (nSPS) is 37.4. The van der Waals surface area contributed by atoms with Gasteiger partial charge in [-0.1, -0.05) is 25.7 Å². The van der Waals surface area contributed by atoms with E-state index in [1.54, 1.807) is 0 Å². The fraction of sp³-hybridized carbons (Fsp3) is 0.923. The summed E-state index contributed by atoms with van der Waals surface area (Å²) in [6, 6.07) is 0. The third-order valence-electron chi connectivity index (χ3n) is 4.77. The summed E-state index contributed by atoms with van der Waals surface area (Å²) >= 11 is 5.29. The predicted octanol–water partition coefficient (Wildman–Crippen LogP) is 3.15. The highest BCUT2D eigenvalue weighted by Gasteiger charge is 2.49. The lowest BCUT2D eigenvalue weighted by molar-refractivity contribution is -0.0229. The van der Waals surface area contributed by atoms with E-state index in [1.165, 1.54) is 57.8 Å². The van der Waals surface area contributed by atoms with Crippen molar-refractivity contribution in [3.8, 4) is 0 Å².